The van der Waals surface area contributed by atoms with Crippen molar-refractivity contribution in [3.63, 3.8) is 0 Å². The lowest BCUT2D eigenvalue weighted by molar-refractivity contribution is 0.100. The van der Waals surface area contributed by atoms with Crippen LogP contribution in [-0.4, -0.2) is 26.5 Å². The average Bonchev–Trinajstić information content (AvgIpc) is 2.48. The van der Waals surface area contributed by atoms with E-state index in [0.29, 0.717) is 12.1 Å². The van der Waals surface area contributed by atoms with E-state index in [0.717, 1.165) is 11.4 Å². The normalized spacial score (nSPS) is 10.2. The van der Waals surface area contributed by atoms with Crippen molar-refractivity contribution in [2.24, 2.45) is 0 Å². The van der Waals surface area contributed by atoms with E-state index in [1.165, 1.54) is 5.56 Å². The van der Waals surface area contributed by atoms with Crippen LogP contribution in [0.1, 0.15) is 15.9 Å². The Labute approximate surface area is 119 Å². The summed E-state index contributed by atoms with van der Waals surface area (Å²) in [5.41, 5.74) is 2.95. The molecule has 0 saturated heterocycles. The lowest BCUT2D eigenvalue weighted by Crippen LogP contribution is -2.25. The zero-order valence-electron chi connectivity index (χ0n) is 12.1. The third-order valence-corrected chi connectivity index (χ3v) is 3.27. The van der Waals surface area contributed by atoms with Crippen molar-refractivity contribution >= 4 is 11.5 Å². The molecule has 20 heavy (non-hydrogen) atoms. The number of benzene rings is 2. The molecule has 0 aliphatic heterocycles. The highest BCUT2D eigenvalue weighted by Gasteiger charge is 2.10. The van der Waals surface area contributed by atoms with Crippen molar-refractivity contribution in [2.75, 3.05) is 25.6 Å². The smallest absolute Gasteiger partial charge is 0.182 e. The average molecular weight is 269 g/mol. The van der Waals surface area contributed by atoms with Crippen molar-refractivity contribution in [2.45, 2.75) is 6.92 Å². The molecule has 0 aromatic heterocycles. The minimum Gasteiger partial charge on any atom is -0.497 e. The van der Waals surface area contributed by atoms with Crippen LogP contribution in [0.5, 0.6) is 5.75 Å². The second-order valence-electron chi connectivity index (χ2n) is 4.84. The van der Waals surface area contributed by atoms with Crippen molar-refractivity contribution in [3.05, 3.63) is 59.7 Å². The third kappa shape index (κ3) is 3.38. The number of likely N-dealkylation sites (N-methyl/N-ethyl adjacent to an activating group) is 1. The van der Waals surface area contributed by atoms with Gasteiger partial charge in [-0.2, -0.15) is 0 Å². The van der Waals surface area contributed by atoms with Gasteiger partial charge in [-0.25, -0.2) is 0 Å². The number of carbonyl (C=O) groups is 1. The van der Waals surface area contributed by atoms with Crippen LogP contribution in [0.4, 0.5) is 5.69 Å². The van der Waals surface area contributed by atoms with Gasteiger partial charge in [-0.3, -0.25) is 4.79 Å². The first-order valence-corrected chi connectivity index (χ1v) is 6.55. The number of carbonyl (C=O) groups excluding carboxylic acids is 1. The molecule has 0 fully saturated rings. The minimum absolute atomic E-state index is 0.0933. The number of ketones is 1. The van der Waals surface area contributed by atoms with E-state index < -0.39 is 0 Å². The lowest BCUT2D eigenvalue weighted by atomic mass is 10.1. The number of rotatable bonds is 5. The molecule has 0 aliphatic carbocycles. The first-order valence-electron chi connectivity index (χ1n) is 6.55. The molecule has 0 amide bonds. The number of aryl methyl sites for hydroxylation is 1. The van der Waals surface area contributed by atoms with Crippen LogP contribution >= 0.6 is 0 Å². The molecule has 104 valence electrons. The van der Waals surface area contributed by atoms with Gasteiger partial charge in [0.15, 0.2) is 5.78 Å². The minimum atomic E-state index is 0.0933. The molecular formula is C17H19NO2. The van der Waals surface area contributed by atoms with Crippen LogP contribution in [0, 0.1) is 6.92 Å². The summed E-state index contributed by atoms with van der Waals surface area (Å²) in [5, 5.41) is 0. The highest BCUT2D eigenvalue weighted by molar-refractivity contribution is 5.99. The van der Waals surface area contributed by atoms with Crippen LogP contribution in [0.2, 0.25) is 0 Å². The van der Waals surface area contributed by atoms with E-state index in [2.05, 4.69) is 0 Å². The molecule has 0 heterocycles. The number of nitrogens with zero attached hydrogens (tertiary/aromatic N) is 1. The van der Waals surface area contributed by atoms with Crippen LogP contribution < -0.4 is 9.64 Å². The number of ether oxygens (including phenoxy) is 1. The Kier molecular flexibility index (Phi) is 4.41. The molecule has 2 aromatic carbocycles. The maximum Gasteiger partial charge on any atom is 0.182 e. The summed E-state index contributed by atoms with van der Waals surface area (Å²) in [4.78, 5) is 14.2. The monoisotopic (exact) mass is 269 g/mol. The number of Topliss-reactive ketones (excluding diaryl/α,β-unsaturated/α-hetero) is 1. The van der Waals surface area contributed by atoms with Crippen LogP contribution in [0.15, 0.2) is 48.5 Å². The van der Waals surface area contributed by atoms with E-state index in [9.17, 15) is 4.79 Å². The third-order valence-electron chi connectivity index (χ3n) is 3.27. The predicted octanol–water partition coefficient (Wildman–Crippen LogP) is 3.32. The van der Waals surface area contributed by atoms with Gasteiger partial charge in [0.05, 0.1) is 13.7 Å². The topological polar surface area (TPSA) is 29.5 Å². The quantitative estimate of drug-likeness (QED) is 0.780. The van der Waals surface area contributed by atoms with Crippen LogP contribution in [-0.2, 0) is 0 Å². The Balaban J connectivity index is 2.04. The maximum atomic E-state index is 12.2. The first-order chi connectivity index (χ1) is 9.60. The highest BCUT2D eigenvalue weighted by atomic mass is 16.5. The van der Waals surface area contributed by atoms with E-state index in [4.69, 9.17) is 4.74 Å². The molecule has 3 heteroatoms. The van der Waals surface area contributed by atoms with Crippen molar-refractivity contribution in [1.82, 2.24) is 0 Å². The summed E-state index contributed by atoms with van der Waals surface area (Å²) in [6.07, 6.45) is 0. The van der Waals surface area contributed by atoms with Gasteiger partial charge in [0.1, 0.15) is 5.75 Å². The Morgan fingerprint density at radius 1 is 1.05 bits per heavy atom. The fraction of sp³-hybridized carbons (Fsp3) is 0.235. The molecule has 0 spiro atoms. The summed E-state index contributed by atoms with van der Waals surface area (Å²) < 4.78 is 5.09. The van der Waals surface area contributed by atoms with Gasteiger partial charge < -0.3 is 9.64 Å². The SMILES string of the molecule is COc1ccc(C(=O)CN(C)c2ccc(C)cc2)cc1. The van der Waals surface area contributed by atoms with E-state index in [1.807, 2.05) is 43.1 Å². The van der Waals surface area contributed by atoms with Gasteiger partial charge >= 0.3 is 0 Å². The van der Waals surface area contributed by atoms with E-state index >= 15 is 0 Å². The molecule has 3 nitrogen and oxygen atoms in total. The fourth-order valence-corrected chi connectivity index (χ4v) is 1.97. The zero-order chi connectivity index (χ0) is 14.5. The van der Waals surface area contributed by atoms with Gasteiger partial charge in [0.25, 0.3) is 0 Å². The van der Waals surface area contributed by atoms with Crippen molar-refractivity contribution < 1.29 is 9.53 Å². The summed E-state index contributed by atoms with van der Waals surface area (Å²) >= 11 is 0. The summed E-state index contributed by atoms with van der Waals surface area (Å²) in [6.45, 7) is 2.40. The largest absolute Gasteiger partial charge is 0.497 e. The van der Waals surface area contributed by atoms with Crippen molar-refractivity contribution in [1.29, 1.82) is 0 Å². The Bertz CT molecular complexity index is 573. The predicted molar refractivity (Wildman–Crippen MR) is 81.8 cm³/mol. The number of anilines is 1. The second kappa shape index (κ2) is 6.24. The molecule has 0 unspecified atom stereocenters. The lowest BCUT2D eigenvalue weighted by Gasteiger charge is -2.18. The van der Waals surface area contributed by atoms with Gasteiger partial charge in [0, 0.05) is 18.3 Å². The number of hydrogen-bond donors (Lipinski definition) is 0. The van der Waals surface area contributed by atoms with Gasteiger partial charge in [-0.05, 0) is 43.3 Å². The molecular weight excluding hydrogens is 250 g/mol. The van der Waals surface area contributed by atoms with Crippen molar-refractivity contribution in [3.8, 4) is 5.75 Å². The standard InChI is InChI=1S/C17H19NO2/c1-13-4-8-15(9-5-13)18(2)12-17(19)14-6-10-16(20-3)11-7-14/h4-11H,12H2,1-3H3. The van der Waals surface area contributed by atoms with E-state index in [1.54, 1.807) is 31.4 Å². The molecule has 0 N–H and O–H groups in total. The van der Waals surface area contributed by atoms with Gasteiger partial charge in [-0.1, -0.05) is 17.7 Å². The number of methoxy groups -OCH3 is 1. The first kappa shape index (κ1) is 14.1. The molecule has 0 radical (unpaired) electrons. The maximum absolute atomic E-state index is 12.2. The van der Waals surface area contributed by atoms with Gasteiger partial charge in [0.2, 0.25) is 0 Å². The summed E-state index contributed by atoms with van der Waals surface area (Å²) in [6, 6.07) is 15.3. The Morgan fingerprint density at radius 2 is 1.65 bits per heavy atom. The number of hydrogen-bond acceptors (Lipinski definition) is 3. The molecule has 0 aliphatic rings. The second-order valence-corrected chi connectivity index (χ2v) is 4.84. The van der Waals surface area contributed by atoms with Crippen LogP contribution in [0.3, 0.4) is 0 Å². The fourth-order valence-electron chi connectivity index (χ4n) is 1.97. The van der Waals surface area contributed by atoms with Gasteiger partial charge in [-0.15, -0.1) is 0 Å². The zero-order valence-corrected chi connectivity index (χ0v) is 12.1. The summed E-state index contributed by atoms with van der Waals surface area (Å²) in [7, 11) is 3.54. The van der Waals surface area contributed by atoms with Crippen LogP contribution in [0.25, 0.3) is 0 Å². The molecule has 0 atom stereocenters. The molecule has 0 saturated carbocycles. The molecule has 2 rings (SSSR count). The molecule has 2 aromatic rings. The Morgan fingerprint density at radius 3 is 2.20 bits per heavy atom. The Hall–Kier alpha value is -2.29. The summed E-state index contributed by atoms with van der Waals surface area (Å²) in [5.74, 6) is 0.851. The molecule has 0 bridgehead atoms. The highest BCUT2D eigenvalue weighted by Crippen LogP contribution is 2.15. The van der Waals surface area contributed by atoms with E-state index in [-0.39, 0.29) is 5.78 Å².